The van der Waals surface area contributed by atoms with Crippen molar-refractivity contribution in [3.63, 3.8) is 0 Å². The predicted octanol–water partition coefficient (Wildman–Crippen LogP) is 3.06. The van der Waals surface area contributed by atoms with Crippen molar-refractivity contribution in [2.24, 2.45) is 0 Å². The lowest BCUT2D eigenvalue weighted by atomic mass is 10.1. The van der Waals surface area contributed by atoms with E-state index in [0.717, 1.165) is 35.6 Å². The summed E-state index contributed by atoms with van der Waals surface area (Å²) in [4.78, 5) is 35.8. The van der Waals surface area contributed by atoms with Gasteiger partial charge in [0.2, 0.25) is 0 Å². The van der Waals surface area contributed by atoms with E-state index in [2.05, 4.69) is 25.0 Å². The number of aromatic amines is 1. The van der Waals surface area contributed by atoms with Crippen LogP contribution in [0.15, 0.2) is 35.3 Å². The van der Waals surface area contributed by atoms with Gasteiger partial charge in [0.15, 0.2) is 17.4 Å². The number of aromatic nitrogens is 3. The number of amides is 1. The molecule has 0 spiro atoms. The van der Waals surface area contributed by atoms with E-state index in [1.54, 1.807) is 0 Å². The van der Waals surface area contributed by atoms with Crippen molar-refractivity contribution in [2.75, 3.05) is 20.8 Å². The lowest BCUT2D eigenvalue weighted by Crippen LogP contribution is -2.33. The molecule has 0 radical (unpaired) electrons. The molecule has 1 unspecified atom stereocenters. The second-order valence-corrected chi connectivity index (χ2v) is 7.39. The van der Waals surface area contributed by atoms with Crippen LogP contribution in [-0.2, 0) is 4.74 Å². The highest BCUT2D eigenvalue weighted by atomic mass is 32.1. The first kappa shape index (κ1) is 24.1. The maximum Gasteiger partial charge on any atom is 0.573 e. The number of hydrogen-bond donors (Lipinski definition) is 2. The molecule has 14 heteroatoms. The van der Waals surface area contributed by atoms with Crippen LogP contribution in [0.5, 0.6) is 10.9 Å². The number of carbonyl (C=O) groups excluding carboxylic acids is 1. The van der Waals surface area contributed by atoms with Crippen molar-refractivity contribution < 1.29 is 36.6 Å². The van der Waals surface area contributed by atoms with Crippen LogP contribution in [0.4, 0.5) is 17.6 Å². The van der Waals surface area contributed by atoms with Crippen molar-refractivity contribution in [2.45, 2.75) is 12.4 Å². The molecule has 2 aromatic heterocycles. The Hall–Kier alpha value is -3.52. The van der Waals surface area contributed by atoms with Crippen LogP contribution in [0.25, 0.3) is 10.7 Å². The Labute approximate surface area is 187 Å². The van der Waals surface area contributed by atoms with E-state index in [-0.39, 0.29) is 23.7 Å². The van der Waals surface area contributed by atoms with E-state index in [4.69, 9.17) is 9.47 Å². The van der Waals surface area contributed by atoms with E-state index in [1.807, 2.05) is 0 Å². The topological polar surface area (TPSA) is 115 Å². The average molecular weight is 488 g/mol. The molecule has 33 heavy (non-hydrogen) atoms. The molecule has 0 fully saturated rings. The number of H-pyrrole nitrogens is 1. The summed E-state index contributed by atoms with van der Waals surface area (Å²) in [7, 11) is 2.74. The van der Waals surface area contributed by atoms with Gasteiger partial charge in [-0.1, -0.05) is 17.4 Å². The highest BCUT2D eigenvalue weighted by molar-refractivity contribution is 7.16. The van der Waals surface area contributed by atoms with Gasteiger partial charge >= 0.3 is 6.36 Å². The highest BCUT2D eigenvalue weighted by Gasteiger charge is 2.32. The van der Waals surface area contributed by atoms with Crippen molar-refractivity contribution in [1.82, 2.24) is 20.3 Å². The minimum absolute atomic E-state index is 0.0800. The van der Waals surface area contributed by atoms with Crippen LogP contribution in [0.3, 0.4) is 0 Å². The van der Waals surface area contributed by atoms with Crippen molar-refractivity contribution >= 4 is 17.2 Å². The SMILES string of the molecule is COCC(NC(=O)c1cc(=O)[nH]c(-c2cnc(OC)s2)n1)c1ccc(OC(F)(F)F)c(F)c1. The Morgan fingerprint density at radius 1 is 1.27 bits per heavy atom. The molecule has 0 aliphatic rings. The zero-order chi connectivity index (χ0) is 24.2. The number of nitrogens with one attached hydrogen (secondary N) is 2. The van der Waals surface area contributed by atoms with Gasteiger partial charge in [-0.2, -0.15) is 0 Å². The summed E-state index contributed by atoms with van der Waals surface area (Å²) in [6.45, 7) is -0.146. The number of benzene rings is 1. The predicted molar refractivity (Wildman–Crippen MR) is 108 cm³/mol. The summed E-state index contributed by atoms with van der Waals surface area (Å²) in [5.74, 6) is -3.01. The van der Waals surface area contributed by atoms with E-state index in [1.165, 1.54) is 20.4 Å². The Morgan fingerprint density at radius 2 is 2.03 bits per heavy atom. The summed E-state index contributed by atoms with van der Waals surface area (Å²) in [5.41, 5.74) is -0.755. The number of nitrogens with zero attached hydrogens (tertiary/aromatic N) is 2. The second kappa shape index (κ2) is 9.95. The molecule has 0 aliphatic carbocycles. The van der Waals surface area contributed by atoms with Gasteiger partial charge in [0.25, 0.3) is 16.7 Å². The highest BCUT2D eigenvalue weighted by Crippen LogP contribution is 2.29. The molecule has 176 valence electrons. The molecule has 1 amide bonds. The van der Waals surface area contributed by atoms with Gasteiger partial charge < -0.3 is 24.5 Å². The van der Waals surface area contributed by atoms with E-state index in [0.29, 0.717) is 10.1 Å². The van der Waals surface area contributed by atoms with Crippen LogP contribution >= 0.6 is 11.3 Å². The monoisotopic (exact) mass is 488 g/mol. The molecular weight excluding hydrogens is 472 g/mol. The summed E-state index contributed by atoms with van der Waals surface area (Å²) < 4.78 is 64.8. The third kappa shape index (κ3) is 6.26. The van der Waals surface area contributed by atoms with Gasteiger partial charge in [-0.15, -0.1) is 13.2 Å². The maximum atomic E-state index is 14.1. The summed E-state index contributed by atoms with van der Waals surface area (Å²) in [5, 5.41) is 2.84. The lowest BCUT2D eigenvalue weighted by molar-refractivity contribution is -0.275. The van der Waals surface area contributed by atoms with Crippen molar-refractivity contribution in [3.05, 3.63) is 57.9 Å². The Kier molecular flexibility index (Phi) is 7.28. The fourth-order valence-electron chi connectivity index (χ4n) is 2.71. The van der Waals surface area contributed by atoms with Crippen LogP contribution in [-0.4, -0.2) is 48.0 Å². The van der Waals surface area contributed by atoms with Crippen LogP contribution in [0, 0.1) is 5.82 Å². The van der Waals surface area contributed by atoms with Crippen LogP contribution < -0.4 is 20.3 Å². The van der Waals surface area contributed by atoms with E-state index in [9.17, 15) is 27.2 Å². The number of thiazole rings is 1. The molecule has 1 atom stereocenters. The van der Waals surface area contributed by atoms with Crippen LogP contribution in [0.1, 0.15) is 22.1 Å². The quantitative estimate of drug-likeness (QED) is 0.469. The van der Waals surface area contributed by atoms with E-state index < -0.39 is 35.4 Å². The number of alkyl halides is 3. The zero-order valence-electron chi connectivity index (χ0n) is 17.0. The Bertz CT molecular complexity index is 1200. The van der Waals surface area contributed by atoms with Gasteiger partial charge in [-0.05, 0) is 17.7 Å². The average Bonchev–Trinajstić information content (AvgIpc) is 3.23. The van der Waals surface area contributed by atoms with Gasteiger partial charge in [0.05, 0.1) is 30.8 Å². The summed E-state index contributed by atoms with van der Waals surface area (Å²) in [6.07, 6.45) is -3.65. The molecule has 3 aromatic rings. The fraction of sp³-hybridized carbons (Fsp3) is 0.263. The molecule has 9 nitrogen and oxygen atoms in total. The first-order valence-corrected chi connectivity index (χ1v) is 9.88. The van der Waals surface area contributed by atoms with Crippen molar-refractivity contribution in [1.29, 1.82) is 0 Å². The normalized spacial score (nSPS) is 12.3. The first-order valence-electron chi connectivity index (χ1n) is 9.06. The molecule has 2 N–H and O–H groups in total. The zero-order valence-corrected chi connectivity index (χ0v) is 17.8. The van der Waals surface area contributed by atoms with Gasteiger partial charge in [-0.3, -0.25) is 9.59 Å². The third-order valence-electron chi connectivity index (χ3n) is 4.09. The number of carbonyl (C=O) groups is 1. The standard InChI is InChI=1S/C19H16F4N4O5S/c1-30-8-12(9-3-4-13(10(20)5-9)32-19(21,22)23)26-17(29)11-6-15(28)27-16(25-11)14-7-24-18(31-2)33-14/h3-7,12H,8H2,1-2H3,(H,26,29)(H,25,27,28). The van der Waals surface area contributed by atoms with Gasteiger partial charge in [-0.25, -0.2) is 14.4 Å². The summed E-state index contributed by atoms with van der Waals surface area (Å²) in [6, 6.07) is 2.71. The Balaban J connectivity index is 1.85. The minimum atomic E-state index is -5.06. The summed E-state index contributed by atoms with van der Waals surface area (Å²) >= 11 is 1.09. The smallest absolute Gasteiger partial charge is 0.473 e. The molecule has 3 rings (SSSR count). The number of rotatable bonds is 8. The number of hydrogen-bond acceptors (Lipinski definition) is 8. The second-order valence-electron chi connectivity index (χ2n) is 6.39. The molecule has 0 aliphatic heterocycles. The first-order chi connectivity index (χ1) is 15.6. The molecule has 1 aromatic carbocycles. The van der Waals surface area contributed by atoms with Crippen LogP contribution in [0.2, 0.25) is 0 Å². The number of halogens is 4. The Morgan fingerprint density at radius 3 is 2.64 bits per heavy atom. The molecule has 0 saturated heterocycles. The maximum absolute atomic E-state index is 14.1. The third-order valence-corrected chi connectivity index (χ3v) is 5.05. The van der Waals surface area contributed by atoms with Gasteiger partial charge in [0.1, 0.15) is 5.69 Å². The largest absolute Gasteiger partial charge is 0.573 e. The molecule has 0 saturated carbocycles. The van der Waals surface area contributed by atoms with Crippen molar-refractivity contribution in [3.8, 4) is 21.6 Å². The lowest BCUT2D eigenvalue weighted by Gasteiger charge is -2.19. The number of methoxy groups -OCH3 is 2. The van der Waals surface area contributed by atoms with Gasteiger partial charge in [0, 0.05) is 13.2 Å². The fourth-order valence-corrected chi connectivity index (χ4v) is 3.39. The molecule has 0 bridgehead atoms. The van der Waals surface area contributed by atoms with E-state index >= 15 is 0 Å². The molecule has 2 heterocycles. The number of ether oxygens (including phenoxy) is 3. The molecular formula is C19H16F4N4O5S. The minimum Gasteiger partial charge on any atom is -0.473 e.